The SMILES string of the molecule is N[C@H]1CC[C@H]2CCC[C@H]2C1. The minimum atomic E-state index is 0.541. The Balaban J connectivity index is 1.96. The Morgan fingerprint density at radius 2 is 1.70 bits per heavy atom. The zero-order chi connectivity index (χ0) is 6.97. The van der Waals surface area contributed by atoms with Crippen molar-refractivity contribution in [1.29, 1.82) is 0 Å². The molecule has 58 valence electrons. The van der Waals surface area contributed by atoms with Crippen LogP contribution < -0.4 is 5.73 Å². The summed E-state index contributed by atoms with van der Waals surface area (Å²) in [7, 11) is 0. The van der Waals surface area contributed by atoms with E-state index >= 15 is 0 Å². The van der Waals surface area contributed by atoms with Gasteiger partial charge in [0.2, 0.25) is 0 Å². The van der Waals surface area contributed by atoms with E-state index in [9.17, 15) is 0 Å². The van der Waals surface area contributed by atoms with Crippen LogP contribution >= 0.6 is 0 Å². The van der Waals surface area contributed by atoms with Crippen molar-refractivity contribution in [3.63, 3.8) is 0 Å². The van der Waals surface area contributed by atoms with Gasteiger partial charge >= 0.3 is 0 Å². The van der Waals surface area contributed by atoms with Gasteiger partial charge in [-0.15, -0.1) is 0 Å². The lowest BCUT2D eigenvalue weighted by atomic mass is 9.79. The molecule has 0 aromatic rings. The molecule has 2 N–H and O–H groups in total. The molecule has 0 amide bonds. The van der Waals surface area contributed by atoms with E-state index in [-0.39, 0.29) is 0 Å². The molecular formula is C9H17N. The van der Waals surface area contributed by atoms with Crippen molar-refractivity contribution in [2.45, 2.75) is 44.6 Å². The highest BCUT2D eigenvalue weighted by molar-refractivity contribution is 4.85. The molecule has 2 fully saturated rings. The summed E-state index contributed by atoms with van der Waals surface area (Å²) in [6.07, 6.45) is 8.48. The second kappa shape index (κ2) is 2.54. The maximum absolute atomic E-state index is 5.89. The topological polar surface area (TPSA) is 26.0 Å². The molecule has 2 aliphatic carbocycles. The van der Waals surface area contributed by atoms with Gasteiger partial charge in [-0.3, -0.25) is 0 Å². The van der Waals surface area contributed by atoms with E-state index in [0.29, 0.717) is 6.04 Å². The predicted molar refractivity (Wildman–Crippen MR) is 42.7 cm³/mol. The van der Waals surface area contributed by atoms with Crippen LogP contribution in [0.15, 0.2) is 0 Å². The Hall–Kier alpha value is -0.0400. The first kappa shape index (κ1) is 6.66. The average molecular weight is 139 g/mol. The Morgan fingerprint density at radius 3 is 2.60 bits per heavy atom. The van der Waals surface area contributed by atoms with E-state index in [1.54, 1.807) is 0 Å². The van der Waals surface area contributed by atoms with Gasteiger partial charge in [-0.1, -0.05) is 19.3 Å². The van der Waals surface area contributed by atoms with E-state index in [4.69, 9.17) is 5.73 Å². The molecule has 0 aromatic carbocycles. The summed E-state index contributed by atoms with van der Waals surface area (Å²) < 4.78 is 0. The fraction of sp³-hybridized carbons (Fsp3) is 1.00. The first-order chi connectivity index (χ1) is 4.86. The molecule has 0 bridgehead atoms. The van der Waals surface area contributed by atoms with Gasteiger partial charge in [-0.25, -0.2) is 0 Å². The van der Waals surface area contributed by atoms with Crippen LogP contribution in [-0.2, 0) is 0 Å². The lowest BCUT2D eigenvalue weighted by molar-refractivity contribution is 0.251. The predicted octanol–water partition coefficient (Wildman–Crippen LogP) is 1.91. The van der Waals surface area contributed by atoms with Crippen molar-refractivity contribution in [3.8, 4) is 0 Å². The highest BCUT2D eigenvalue weighted by Gasteiger charge is 2.32. The van der Waals surface area contributed by atoms with Crippen LogP contribution in [0.2, 0.25) is 0 Å². The van der Waals surface area contributed by atoms with Crippen LogP contribution in [0.5, 0.6) is 0 Å². The number of hydrogen-bond donors (Lipinski definition) is 1. The van der Waals surface area contributed by atoms with Gasteiger partial charge in [0.05, 0.1) is 0 Å². The van der Waals surface area contributed by atoms with Crippen molar-refractivity contribution in [2.75, 3.05) is 0 Å². The lowest BCUT2D eigenvalue weighted by Crippen LogP contribution is -2.30. The highest BCUT2D eigenvalue weighted by Crippen LogP contribution is 2.41. The van der Waals surface area contributed by atoms with Crippen LogP contribution in [-0.4, -0.2) is 6.04 Å². The summed E-state index contributed by atoms with van der Waals surface area (Å²) in [5, 5.41) is 0. The van der Waals surface area contributed by atoms with Crippen LogP contribution in [0.25, 0.3) is 0 Å². The number of nitrogens with two attached hydrogens (primary N) is 1. The van der Waals surface area contributed by atoms with E-state index in [0.717, 1.165) is 11.8 Å². The summed E-state index contributed by atoms with van der Waals surface area (Å²) in [6, 6.07) is 0.541. The maximum atomic E-state index is 5.89. The smallest absolute Gasteiger partial charge is 0.00416 e. The van der Waals surface area contributed by atoms with Gasteiger partial charge in [-0.2, -0.15) is 0 Å². The minimum absolute atomic E-state index is 0.541. The second-order valence-electron chi connectivity index (χ2n) is 4.02. The Morgan fingerprint density at radius 1 is 0.900 bits per heavy atom. The van der Waals surface area contributed by atoms with Gasteiger partial charge in [-0.05, 0) is 31.1 Å². The molecule has 2 aliphatic rings. The average Bonchev–Trinajstić information content (AvgIpc) is 2.33. The summed E-state index contributed by atoms with van der Waals surface area (Å²) in [5.41, 5.74) is 5.89. The second-order valence-corrected chi connectivity index (χ2v) is 4.02. The van der Waals surface area contributed by atoms with Crippen molar-refractivity contribution >= 4 is 0 Å². The Bertz CT molecular complexity index is 122. The molecule has 3 atom stereocenters. The van der Waals surface area contributed by atoms with E-state index in [1.807, 2.05) is 0 Å². The number of fused-ring (bicyclic) bond motifs is 1. The lowest BCUT2D eigenvalue weighted by Gasteiger charge is -2.29. The Labute approximate surface area is 63.0 Å². The molecule has 1 heteroatoms. The van der Waals surface area contributed by atoms with Crippen molar-refractivity contribution in [3.05, 3.63) is 0 Å². The maximum Gasteiger partial charge on any atom is 0.00416 e. The van der Waals surface area contributed by atoms with Gasteiger partial charge < -0.3 is 5.73 Å². The standard InChI is InChI=1S/C9H17N/c10-9-5-4-7-2-1-3-8(7)6-9/h7-9H,1-6,10H2/t7-,8+,9+/m1/s1. The quantitative estimate of drug-likeness (QED) is 0.545. The van der Waals surface area contributed by atoms with Crippen molar-refractivity contribution < 1.29 is 0 Å². The molecule has 0 unspecified atom stereocenters. The minimum Gasteiger partial charge on any atom is -0.328 e. The molecule has 1 nitrogen and oxygen atoms in total. The first-order valence-electron chi connectivity index (χ1n) is 4.62. The molecule has 0 aromatic heterocycles. The van der Waals surface area contributed by atoms with Gasteiger partial charge in [0.1, 0.15) is 0 Å². The Kier molecular flexibility index (Phi) is 1.69. The third-order valence-corrected chi connectivity index (χ3v) is 3.33. The van der Waals surface area contributed by atoms with Crippen LogP contribution in [0.3, 0.4) is 0 Å². The van der Waals surface area contributed by atoms with Gasteiger partial charge in [0.25, 0.3) is 0 Å². The third kappa shape index (κ3) is 1.07. The molecule has 0 spiro atoms. The van der Waals surface area contributed by atoms with Crippen LogP contribution in [0.1, 0.15) is 38.5 Å². The number of hydrogen-bond acceptors (Lipinski definition) is 1. The summed E-state index contributed by atoms with van der Waals surface area (Å²) in [6.45, 7) is 0. The largest absolute Gasteiger partial charge is 0.328 e. The van der Waals surface area contributed by atoms with Crippen molar-refractivity contribution in [1.82, 2.24) is 0 Å². The molecule has 0 heterocycles. The van der Waals surface area contributed by atoms with E-state index < -0.39 is 0 Å². The van der Waals surface area contributed by atoms with Crippen LogP contribution in [0.4, 0.5) is 0 Å². The molecule has 0 saturated heterocycles. The summed E-state index contributed by atoms with van der Waals surface area (Å²) in [4.78, 5) is 0. The van der Waals surface area contributed by atoms with Crippen molar-refractivity contribution in [2.24, 2.45) is 17.6 Å². The number of rotatable bonds is 0. The fourth-order valence-corrected chi connectivity index (χ4v) is 2.74. The van der Waals surface area contributed by atoms with Crippen LogP contribution in [0, 0.1) is 11.8 Å². The summed E-state index contributed by atoms with van der Waals surface area (Å²) >= 11 is 0. The monoisotopic (exact) mass is 139 g/mol. The van der Waals surface area contributed by atoms with E-state index in [1.165, 1.54) is 38.5 Å². The molecule has 2 rings (SSSR count). The first-order valence-corrected chi connectivity index (χ1v) is 4.62. The molecule has 0 aliphatic heterocycles. The van der Waals surface area contributed by atoms with Gasteiger partial charge in [0, 0.05) is 6.04 Å². The molecule has 0 radical (unpaired) electrons. The molecule has 10 heavy (non-hydrogen) atoms. The molecule has 2 saturated carbocycles. The zero-order valence-electron chi connectivity index (χ0n) is 6.55. The molecular weight excluding hydrogens is 122 g/mol. The van der Waals surface area contributed by atoms with Gasteiger partial charge in [0.15, 0.2) is 0 Å². The zero-order valence-corrected chi connectivity index (χ0v) is 6.55. The third-order valence-electron chi connectivity index (χ3n) is 3.33. The normalized spacial score (nSPS) is 47.1. The fourth-order valence-electron chi connectivity index (χ4n) is 2.74. The van der Waals surface area contributed by atoms with E-state index in [2.05, 4.69) is 0 Å². The highest BCUT2D eigenvalue weighted by atomic mass is 14.6. The summed E-state index contributed by atoms with van der Waals surface area (Å²) in [5.74, 6) is 2.09.